The van der Waals surface area contributed by atoms with Gasteiger partial charge in [0.05, 0.1) is 10.4 Å². The predicted octanol–water partition coefficient (Wildman–Crippen LogP) is 1.14. The molecule has 1 saturated heterocycles. The van der Waals surface area contributed by atoms with Crippen LogP contribution in [0.15, 0.2) is 0 Å². The maximum Gasteiger partial charge on any atom is 0.238 e. The van der Waals surface area contributed by atoms with Gasteiger partial charge in [-0.3, -0.25) is 4.79 Å². The Balaban J connectivity index is 2.56. The molecule has 1 fully saturated rings. The number of piperidine rings is 1. The van der Waals surface area contributed by atoms with E-state index >= 15 is 0 Å². The quantitative estimate of drug-likeness (QED) is 0.709. The third-order valence-electron chi connectivity index (χ3n) is 2.19. The summed E-state index contributed by atoms with van der Waals surface area (Å²) in [6.07, 6.45) is 1.37. The van der Waals surface area contributed by atoms with Crippen molar-refractivity contribution in [3.05, 3.63) is 0 Å². The first kappa shape index (κ1) is 11.0. The van der Waals surface area contributed by atoms with Gasteiger partial charge in [0.15, 0.2) is 0 Å². The van der Waals surface area contributed by atoms with Crippen molar-refractivity contribution in [2.75, 3.05) is 13.1 Å². The number of nitrogens with zero attached hydrogens (tertiary/aromatic N) is 1. The Hall–Kier alpha value is -0.0900. The zero-order chi connectivity index (χ0) is 10.1. The van der Waals surface area contributed by atoms with Crippen molar-refractivity contribution in [1.29, 1.82) is 0 Å². The summed E-state index contributed by atoms with van der Waals surface area (Å²) < 4.78 is -0.510. The highest BCUT2D eigenvalue weighted by molar-refractivity contribution is 9.10. The number of likely N-dealkylation sites (tertiary alicyclic amines) is 1. The number of carbonyl (C=O) groups excluding carboxylic acids is 1. The van der Waals surface area contributed by atoms with Gasteiger partial charge in [0.25, 0.3) is 0 Å². The third kappa shape index (κ3) is 2.95. The average molecular weight is 250 g/mol. The number of aliphatic hydroxyl groups is 1. The number of alkyl halides is 1. The number of β-amino-alcohol motifs (C(OH)–C–C–N with tert-alkyl or cyclic N) is 1. The van der Waals surface area contributed by atoms with E-state index in [0.717, 1.165) is 19.4 Å². The van der Waals surface area contributed by atoms with Gasteiger partial charge < -0.3 is 10.0 Å². The number of aliphatic hydroxyl groups excluding tert-OH is 1. The second-order valence-electron chi connectivity index (χ2n) is 4.02. The molecule has 0 aromatic rings. The topological polar surface area (TPSA) is 40.5 Å². The molecule has 76 valence electrons. The fourth-order valence-electron chi connectivity index (χ4n) is 1.52. The second kappa shape index (κ2) is 3.96. The first-order valence-electron chi connectivity index (χ1n) is 4.57. The maximum absolute atomic E-state index is 11.7. The fraction of sp³-hybridized carbons (Fsp3) is 0.889. The summed E-state index contributed by atoms with van der Waals surface area (Å²) in [5.41, 5.74) is 0. The minimum absolute atomic E-state index is 0.0613. The molecule has 1 aliphatic rings. The van der Waals surface area contributed by atoms with Crippen LogP contribution in [0.25, 0.3) is 0 Å². The molecular formula is C9H16BrNO2. The lowest BCUT2D eigenvalue weighted by atomic mass is 10.1. The molecule has 0 radical (unpaired) electrons. The molecule has 4 heteroatoms. The lowest BCUT2D eigenvalue weighted by Crippen LogP contribution is -2.48. The highest BCUT2D eigenvalue weighted by Gasteiger charge is 2.31. The first-order chi connectivity index (χ1) is 5.91. The summed E-state index contributed by atoms with van der Waals surface area (Å²) in [4.78, 5) is 13.5. The van der Waals surface area contributed by atoms with Crippen LogP contribution >= 0.6 is 15.9 Å². The number of hydrogen-bond acceptors (Lipinski definition) is 2. The molecule has 1 heterocycles. The van der Waals surface area contributed by atoms with Gasteiger partial charge in [-0.25, -0.2) is 0 Å². The van der Waals surface area contributed by atoms with Crippen LogP contribution in [0.5, 0.6) is 0 Å². The molecular weight excluding hydrogens is 234 g/mol. The van der Waals surface area contributed by atoms with Crippen LogP contribution in [0.3, 0.4) is 0 Å². The molecule has 0 aromatic heterocycles. The fourth-order valence-corrected chi connectivity index (χ4v) is 1.77. The smallest absolute Gasteiger partial charge is 0.238 e. The van der Waals surface area contributed by atoms with E-state index < -0.39 is 4.32 Å². The van der Waals surface area contributed by atoms with E-state index in [2.05, 4.69) is 15.9 Å². The molecule has 3 nitrogen and oxygen atoms in total. The van der Waals surface area contributed by atoms with Gasteiger partial charge in [-0.2, -0.15) is 0 Å². The number of hydrogen-bond donors (Lipinski definition) is 1. The molecule has 1 atom stereocenters. The molecule has 0 aliphatic carbocycles. The molecule has 0 spiro atoms. The van der Waals surface area contributed by atoms with Crippen molar-refractivity contribution >= 4 is 21.8 Å². The van der Waals surface area contributed by atoms with E-state index in [1.54, 1.807) is 4.90 Å². The van der Waals surface area contributed by atoms with Crippen molar-refractivity contribution in [2.24, 2.45) is 0 Å². The van der Waals surface area contributed by atoms with Crippen molar-refractivity contribution in [2.45, 2.75) is 37.1 Å². The second-order valence-corrected chi connectivity index (χ2v) is 6.00. The Kier molecular flexibility index (Phi) is 3.35. The van der Waals surface area contributed by atoms with Gasteiger partial charge in [-0.15, -0.1) is 0 Å². The van der Waals surface area contributed by atoms with Gasteiger partial charge in [-0.05, 0) is 26.7 Å². The van der Waals surface area contributed by atoms with Crippen molar-refractivity contribution < 1.29 is 9.90 Å². The van der Waals surface area contributed by atoms with E-state index in [1.807, 2.05) is 13.8 Å². The Labute approximate surface area is 87.2 Å². The number of halogens is 1. The van der Waals surface area contributed by atoms with E-state index in [4.69, 9.17) is 0 Å². The normalized spacial score (nSPS) is 24.6. The number of carbonyl (C=O) groups is 1. The van der Waals surface area contributed by atoms with E-state index in [1.165, 1.54) is 0 Å². The minimum atomic E-state index is -0.510. The summed E-state index contributed by atoms with van der Waals surface area (Å²) >= 11 is 3.33. The highest BCUT2D eigenvalue weighted by Crippen LogP contribution is 2.21. The van der Waals surface area contributed by atoms with Gasteiger partial charge in [0.1, 0.15) is 0 Å². The molecule has 13 heavy (non-hydrogen) atoms. The molecule has 0 bridgehead atoms. The Bertz CT molecular complexity index is 200. The summed E-state index contributed by atoms with van der Waals surface area (Å²) in [5.74, 6) is 0.0613. The van der Waals surface area contributed by atoms with Gasteiger partial charge in [0, 0.05) is 13.1 Å². The number of amides is 1. The van der Waals surface area contributed by atoms with Gasteiger partial charge in [0.2, 0.25) is 5.91 Å². The van der Waals surface area contributed by atoms with Crippen LogP contribution in [0.1, 0.15) is 26.7 Å². The summed E-state index contributed by atoms with van der Waals surface area (Å²) in [7, 11) is 0. The monoisotopic (exact) mass is 249 g/mol. The van der Waals surface area contributed by atoms with Crippen LogP contribution in [-0.4, -0.2) is 39.4 Å². The van der Waals surface area contributed by atoms with Gasteiger partial charge >= 0.3 is 0 Å². The van der Waals surface area contributed by atoms with Crippen LogP contribution < -0.4 is 0 Å². The largest absolute Gasteiger partial charge is 0.391 e. The van der Waals surface area contributed by atoms with Crippen molar-refractivity contribution in [3.63, 3.8) is 0 Å². The van der Waals surface area contributed by atoms with Gasteiger partial charge in [-0.1, -0.05) is 15.9 Å². The zero-order valence-corrected chi connectivity index (χ0v) is 9.67. The zero-order valence-electron chi connectivity index (χ0n) is 8.09. The van der Waals surface area contributed by atoms with Crippen LogP contribution in [-0.2, 0) is 4.79 Å². The lowest BCUT2D eigenvalue weighted by Gasteiger charge is -2.33. The molecule has 0 aromatic carbocycles. The van der Waals surface area contributed by atoms with Crippen LogP contribution in [0.2, 0.25) is 0 Å². The Morgan fingerprint density at radius 2 is 2.23 bits per heavy atom. The molecule has 1 aliphatic heterocycles. The maximum atomic E-state index is 11.7. The Morgan fingerprint density at radius 3 is 2.69 bits per heavy atom. The van der Waals surface area contributed by atoms with E-state index in [0.29, 0.717) is 6.54 Å². The minimum Gasteiger partial charge on any atom is -0.391 e. The third-order valence-corrected chi connectivity index (χ3v) is 2.53. The molecule has 1 amide bonds. The molecule has 0 unspecified atom stereocenters. The molecule has 1 N–H and O–H groups in total. The van der Waals surface area contributed by atoms with Crippen LogP contribution in [0.4, 0.5) is 0 Å². The average Bonchev–Trinajstić information content (AvgIpc) is 2.01. The number of rotatable bonds is 1. The van der Waals surface area contributed by atoms with E-state index in [-0.39, 0.29) is 12.0 Å². The first-order valence-corrected chi connectivity index (χ1v) is 5.37. The van der Waals surface area contributed by atoms with E-state index in [9.17, 15) is 9.90 Å². The molecule has 0 saturated carbocycles. The molecule has 1 rings (SSSR count). The van der Waals surface area contributed by atoms with Crippen LogP contribution in [0, 0.1) is 0 Å². The predicted molar refractivity (Wildman–Crippen MR) is 54.8 cm³/mol. The summed E-state index contributed by atoms with van der Waals surface area (Å²) in [5, 5.41) is 9.39. The van der Waals surface area contributed by atoms with Crippen molar-refractivity contribution in [1.82, 2.24) is 4.90 Å². The highest BCUT2D eigenvalue weighted by atomic mass is 79.9. The Morgan fingerprint density at radius 1 is 1.62 bits per heavy atom. The lowest BCUT2D eigenvalue weighted by molar-refractivity contribution is -0.135. The summed E-state index contributed by atoms with van der Waals surface area (Å²) in [6, 6.07) is 0. The standard InChI is InChI=1S/C9H16BrNO2/c1-9(2,10)8(13)11-5-3-4-7(12)6-11/h7,12H,3-6H2,1-2H3/t7-/m0/s1. The summed E-state index contributed by atoms with van der Waals surface area (Å²) in [6.45, 7) is 4.91. The SMILES string of the molecule is CC(C)(Br)C(=O)N1CCC[C@H](O)C1. The van der Waals surface area contributed by atoms with Crippen molar-refractivity contribution in [3.8, 4) is 0 Å².